The minimum Gasteiger partial charge on any atom is -0.461 e. The van der Waals surface area contributed by atoms with E-state index in [0.29, 0.717) is 122 Å². The highest BCUT2D eigenvalue weighted by molar-refractivity contribution is 6.38. The molecule has 0 aliphatic rings. The highest BCUT2D eigenvalue weighted by atomic mass is 35.5. The number of ether oxygens (including phenoxy) is 3. The van der Waals surface area contributed by atoms with E-state index in [0.717, 1.165) is 33.4 Å². The maximum atomic E-state index is 11.6. The van der Waals surface area contributed by atoms with Crippen LogP contribution >= 0.6 is 92.8 Å². The van der Waals surface area contributed by atoms with Crippen molar-refractivity contribution in [2.24, 2.45) is 0 Å². The number of halogens is 8. The zero-order chi connectivity index (χ0) is 87.4. The number of carbonyl (C=O) groups is 7. The molecule has 0 fully saturated rings. The molecule has 3 atom stereocenters. The lowest BCUT2D eigenvalue weighted by atomic mass is 10.1. The van der Waals surface area contributed by atoms with Crippen molar-refractivity contribution >= 4 is 134 Å². The molecule has 14 aromatic rings. The van der Waals surface area contributed by atoms with Gasteiger partial charge in [0.25, 0.3) is 0 Å². The second-order valence-corrected chi connectivity index (χ2v) is 28.2. The third-order valence-electron chi connectivity index (χ3n) is 15.4. The molecule has 622 valence electrons. The molecule has 8 aromatic carbocycles. The topological polar surface area (TPSA) is 364 Å². The van der Waals surface area contributed by atoms with Crippen LogP contribution in [0.1, 0.15) is 138 Å². The van der Waals surface area contributed by atoms with E-state index in [1.807, 2.05) is 60.7 Å². The number of aliphatic hydroxyl groups excluding tert-OH is 3. The summed E-state index contributed by atoms with van der Waals surface area (Å²) in [5, 5.41) is 54.4. The van der Waals surface area contributed by atoms with Crippen molar-refractivity contribution in [3.05, 3.63) is 316 Å². The molecule has 0 radical (unpaired) electrons. The number of carbonyl (C=O) groups excluding carboxylic acids is 7. The molecule has 0 bridgehead atoms. The van der Waals surface area contributed by atoms with Crippen LogP contribution in [0, 0.1) is 0 Å². The van der Waals surface area contributed by atoms with Crippen LogP contribution in [0.25, 0.3) is 67.9 Å². The molecule has 0 saturated carbocycles. The van der Waals surface area contributed by atoms with Crippen LogP contribution in [0.3, 0.4) is 0 Å². The van der Waals surface area contributed by atoms with E-state index in [2.05, 4.69) is 35.7 Å². The molecule has 6 aromatic heterocycles. The standard InChI is InChI=1S/C13H12ClNO3.C12H10ClNO3.C12H11ClO4.2C11H10ClNO2.C10H8ClNO2.C10H6ClNO2.C8H7ClO/c1-8(17-9(2)16)12-7-13(18-15-12)10-4-3-5-11(14)6-10;1-2-16-12(15)10-7-11(17-14-10)8-4-3-5-9(13)6-8;1-2-17-12(16)11(15)7-10(14)8-4-3-5-9(13)6-8;2*1-7(14)10-6-11(15-13-10)8-3-2-4-9(12)5-8;2*11-8-3-1-2-7(4-8)10-5-9(6-13)12-14-10;1-6(10)7-3-2-4-8(9)5-7/h3-8H,1-2H3;3-7H,2H2,1H3;3-6H,2,7H2,1H3;2*2-7,14H,1H3;1-5,13H,6H2;1-6H;2-5H,1H3/t8-;;;7-;;;;/m0..0..../s1. The first-order valence-electron chi connectivity index (χ1n) is 35.8. The number of Topliss-reactive ketones (excluding diaryl/α,β-unsaturated/α-hetero) is 3. The molecule has 6 heterocycles. The summed E-state index contributed by atoms with van der Waals surface area (Å²) in [7, 11) is 0. The Kier molecular flexibility index (Phi) is 39.0. The summed E-state index contributed by atoms with van der Waals surface area (Å²) in [6.45, 7) is 11.5. The highest BCUT2D eigenvalue weighted by Crippen LogP contribution is 2.31. The average Bonchev–Trinajstić information content (AvgIpc) is 1.72. The minimum absolute atomic E-state index is 0.0440. The van der Waals surface area contributed by atoms with Crippen LogP contribution in [0.5, 0.6) is 0 Å². The van der Waals surface area contributed by atoms with Gasteiger partial charge < -0.3 is 56.7 Å². The van der Waals surface area contributed by atoms with Crippen molar-refractivity contribution in [2.75, 3.05) is 13.2 Å². The Morgan fingerprint density at radius 2 is 0.733 bits per heavy atom. The summed E-state index contributed by atoms with van der Waals surface area (Å²) >= 11 is 46.4. The molecule has 0 amide bonds. The SMILES string of the molecule is CC(=O)O[C@@H](C)c1cc(-c2cccc(Cl)c2)on1.CC(=O)c1cccc(Cl)c1.CC(O)c1cc(-c2cccc(Cl)c2)on1.CCOC(=O)C(=O)CC(=O)c1cccc(Cl)c1.CCOC(=O)c1cc(-c2cccc(Cl)c2)on1.C[C@H](O)c1cc(-c2cccc(Cl)c2)on1.O=Cc1cc(-c2cccc(Cl)c2)on1.OCc1cc(-c2cccc(Cl)c2)on1. The van der Waals surface area contributed by atoms with E-state index in [1.165, 1.54) is 32.0 Å². The van der Waals surface area contributed by atoms with Crippen LogP contribution < -0.4 is 0 Å². The fraction of sp³-hybridized carbons (Fsp3) is 0.161. The number of hydrogen-bond donors (Lipinski definition) is 3. The molecule has 0 aliphatic heterocycles. The lowest BCUT2D eigenvalue weighted by molar-refractivity contribution is -0.153. The predicted octanol–water partition coefficient (Wildman–Crippen LogP) is 22.8. The number of esters is 3. The minimum atomic E-state index is -0.983. The van der Waals surface area contributed by atoms with Crippen molar-refractivity contribution in [1.29, 1.82) is 0 Å². The molecule has 120 heavy (non-hydrogen) atoms. The maximum absolute atomic E-state index is 11.6. The van der Waals surface area contributed by atoms with Crippen molar-refractivity contribution in [1.82, 2.24) is 30.9 Å². The normalized spacial score (nSPS) is 11.0. The van der Waals surface area contributed by atoms with Gasteiger partial charge in [0, 0.05) is 128 Å². The van der Waals surface area contributed by atoms with Gasteiger partial charge in [-0.05, 0) is 139 Å². The molecular weight excluding hydrogens is 1720 g/mol. The summed E-state index contributed by atoms with van der Waals surface area (Å²) in [6.07, 6.45) is -1.54. The number of nitrogens with zero attached hydrogens (tertiary/aromatic N) is 6. The molecule has 25 nitrogen and oxygen atoms in total. The molecule has 0 aliphatic carbocycles. The summed E-state index contributed by atoms with van der Waals surface area (Å²) < 4.78 is 44.8. The van der Waals surface area contributed by atoms with Crippen LogP contribution in [-0.2, 0) is 35.2 Å². The lowest BCUT2D eigenvalue weighted by Gasteiger charge is -2.06. The molecule has 3 N–H and O–H groups in total. The zero-order valence-electron chi connectivity index (χ0n) is 64.7. The fourth-order valence-electron chi connectivity index (χ4n) is 9.64. The number of aromatic nitrogens is 6. The molecule has 1 unspecified atom stereocenters. The van der Waals surface area contributed by atoms with Crippen molar-refractivity contribution in [2.45, 2.75) is 79.8 Å². The Balaban J connectivity index is 0.000000190. The van der Waals surface area contributed by atoms with E-state index < -0.39 is 48.2 Å². The van der Waals surface area contributed by atoms with Crippen LogP contribution in [0.4, 0.5) is 0 Å². The van der Waals surface area contributed by atoms with Crippen LogP contribution in [-0.4, -0.2) is 101 Å². The third-order valence-corrected chi connectivity index (χ3v) is 17.3. The van der Waals surface area contributed by atoms with Gasteiger partial charge in [-0.25, -0.2) is 9.59 Å². The quantitative estimate of drug-likeness (QED) is 0.0159. The molecule has 0 spiro atoms. The number of ketones is 3. The van der Waals surface area contributed by atoms with Crippen molar-refractivity contribution < 1.29 is 90.2 Å². The monoisotopic (exact) mass is 1790 g/mol. The highest BCUT2D eigenvalue weighted by Gasteiger charge is 2.22. The van der Waals surface area contributed by atoms with Crippen LogP contribution in [0.2, 0.25) is 40.2 Å². The fourth-order valence-corrected chi connectivity index (χ4v) is 11.2. The van der Waals surface area contributed by atoms with Gasteiger partial charge in [-0.3, -0.25) is 24.0 Å². The van der Waals surface area contributed by atoms with Crippen LogP contribution in [0.15, 0.2) is 258 Å². The van der Waals surface area contributed by atoms with Gasteiger partial charge in [-0.15, -0.1) is 0 Å². The van der Waals surface area contributed by atoms with Gasteiger partial charge in [0.2, 0.25) is 5.78 Å². The summed E-state index contributed by atoms with van der Waals surface area (Å²) in [5.74, 6) is 0.335. The number of aldehydes is 1. The Bertz CT molecular complexity index is 5610. The number of aliphatic hydroxyl groups is 3. The number of benzene rings is 8. The van der Waals surface area contributed by atoms with Gasteiger partial charge in [-0.2, -0.15) is 0 Å². The summed E-state index contributed by atoms with van der Waals surface area (Å²) in [6, 6.07) is 66.4. The smallest absolute Gasteiger partial charge is 0.375 e. The average molecular weight is 1790 g/mol. The largest absolute Gasteiger partial charge is 0.461 e. The first-order chi connectivity index (χ1) is 57.4. The lowest BCUT2D eigenvalue weighted by Crippen LogP contribution is -2.20. The Hall–Kier alpha value is -11.7. The molecular formula is C87H74Cl8N6O19. The zero-order valence-corrected chi connectivity index (χ0v) is 70.7. The Morgan fingerprint density at radius 1 is 0.400 bits per heavy atom. The molecule has 33 heteroatoms. The maximum Gasteiger partial charge on any atom is 0.375 e. The predicted molar refractivity (Wildman–Crippen MR) is 454 cm³/mol. The van der Waals surface area contributed by atoms with Gasteiger partial charge in [0.1, 0.15) is 34.6 Å². The third kappa shape index (κ3) is 31.9. The van der Waals surface area contributed by atoms with Gasteiger partial charge in [0.15, 0.2) is 58.1 Å². The first kappa shape index (κ1) is 95.5. The van der Waals surface area contributed by atoms with Crippen molar-refractivity contribution in [3.8, 4) is 67.9 Å². The second-order valence-electron chi connectivity index (χ2n) is 24.7. The number of hydrogen-bond acceptors (Lipinski definition) is 25. The molecule has 14 rings (SSSR count). The van der Waals surface area contributed by atoms with E-state index in [4.69, 9.17) is 135 Å². The Morgan fingerprint density at radius 3 is 1.07 bits per heavy atom. The first-order valence-corrected chi connectivity index (χ1v) is 38.8. The van der Waals surface area contributed by atoms with E-state index in [-0.39, 0.29) is 36.4 Å². The summed E-state index contributed by atoms with van der Waals surface area (Å²) in [4.78, 5) is 77.3. The number of rotatable bonds is 20. The van der Waals surface area contributed by atoms with E-state index in [9.17, 15) is 43.8 Å². The van der Waals surface area contributed by atoms with Gasteiger partial charge >= 0.3 is 17.9 Å². The van der Waals surface area contributed by atoms with Gasteiger partial charge in [-0.1, -0.05) is 221 Å². The molecule has 0 saturated heterocycles. The van der Waals surface area contributed by atoms with E-state index >= 15 is 0 Å². The van der Waals surface area contributed by atoms with Gasteiger partial charge in [0.05, 0.1) is 38.4 Å². The Labute approximate surface area is 727 Å². The van der Waals surface area contributed by atoms with Crippen molar-refractivity contribution in [3.63, 3.8) is 0 Å². The summed E-state index contributed by atoms with van der Waals surface area (Å²) in [5.41, 5.74) is 8.46. The second kappa shape index (κ2) is 49.0. The van der Waals surface area contributed by atoms with E-state index in [1.54, 1.807) is 186 Å².